The van der Waals surface area contributed by atoms with Gasteiger partial charge in [-0.2, -0.15) is 0 Å². The van der Waals surface area contributed by atoms with E-state index in [1.54, 1.807) is 28.4 Å². The van der Waals surface area contributed by atoms with Gasteiger partial charge in [0, 0.05) is 24.4 Å². The largest absolute Gasteiger partial charge is 0.353 e. The third-order valence-corrected chi connectivity index (χ3v) is 4.28. The van der Waals surface area contributed by atoms with Crippen molar-refractivity contribution in [2.45, 2.75) is 13.8 Å². The molecule has 3 rings (SSSR count). The van der Waals surface area contributed by atoms with E-state index in [4.69, 9.17) is 0 Å². The monoisotopic (exact) mass is 347 g/mol. The van der Waals surface area contributed by atoms with Crippen molar-refractivity contribution in [3.05, 3.63) is 94.0 Å². The van der Waals surface area contributed by atoms with Crippen molar-refractivity contribution < 1.29 is 4.79 Å². The summed E-state index contributed by atoms with van der Waals surface area (Å²) < 4.78 is 3.40. The Labute approximate surface area is 152 Å². The minimum atomic E-state index is -0.156. The topological polar surface area (TPSA) is 56.0 Å². The quantitative estimate of drug-likeness (QED) is 0.566. The maximum atomic E-state index is 12.9. The lowest BCUT2D eigenvalue weighted by molar-refractivity contribution is 0.104. The molecule has 0 fully saturated rings. The lowest BCUT2D eigenvalue weighted by atomic mass is 10.1. The number of carbonyl (C=O) groups excluding carboxylic acids is 1. The van der Waals surface area contributed by atoms with Crippen LogP contribution in [0.4, 0.5) is 5.69 Å². The Bertz CT molecular complexity index is 1010. The molecule has 0 atom stereocenters. The lowest BCUT2D eigenvalue weighted by Gasteiger charge is -2.07. The Morgan fingerprint density at radius 3 is 2.19 bits per heavy atom. The van der Waals surface area contributed by atoms with Crippen LogP contribution in [0.25, 0.3) is 5.69 Å². The average molecular weight is 347 g/mol. The zero-order valence-corrected chi connectivity index (χ0v) is 15.1. The highest BCUT2D eigenvalue weighted by molar-refractivity contribution is 6.05. The first-order valence-electron chi connectivity index (χ1n) is 8.37. The molecule has 5 nitrogen and oxygen atoms in total. The van der Waals surface area contributed by atoms with Gasteiger partial charge in [0.25, 0.3) is 5.56 Å². The molecule has 2 aromatic carbocycles. The van der Waals surface area contributed by atoms with Crippen LogP contribution in [0.15, 0.2) is 77.2 Å². The fraction of sp³-hybridized carbons (Fsp3) is 0.143. The van der Waals surface area contributed by atoms with Crippen molar-refractivity contribution in [1.29, 1.82) is 0 Å². The Hall–Kier alpha value is -3.34. The van der Waals surface area contributed by atoms with E-state index < -0.39 is 0 Å². The summed E-state index contributed by atoms with van der Waals surface area (Å²) in [6.45, 7) is 3.65. The molecule has 5 heteroatoms. The first kappa shape index (κ1) is 17.5. The van der Waals surface area contributed by atoms with Crippen molar-refractivity contribution in [2.24, 2.45) is 7.05 Å². The molecular formula is C21H21N3O2. The SMILES string of the molecule is CC(=CC(=O)c1ccccc1)Nc1c(C)n(C)n(-c2ccccc2)c1=O. The highest BCUT2D eigenvalue weighted by atomic mass is 16.1. The molecule has 132 valence electrons. The number of allylic oxidation sites excluding steroid dienone is 2. The third-order valence-electron chi connectivity index (χ3n) is 4.28. The van der Waals surface area contributed by atoms with E-state index in [9.17, 15) is 9.59 Å². The van der Waals surface area contributed by atoms with E-state index >= 15 is 0 Å². The predicted octanol–water partition coefficient (Wildman–Crippen LogP) is 3.68. The molecule has 0 bridgehead atoms. The molecule has 1 aromatic heterocycles. The second-order valence-corrected chi connectivity index (χ2v) is 6.12. The van der Waals surface area contributed by atoms with Crippen LogP contribution < -0.4 is 10.9 Å². The number of para-hydroxylation sites is 1. The zero-order valence-electron chi connectivity index (χ0n) is 15.1. The number of anilines is 1. The van der Waals surface area contributed by atoms with Crippen LogP contribution in [0.2, 0.25) is 0 Å². The molecule has 3 aromatic rings. The Morgan fingerprint density at radius 1 is 1.00 bits per heavy atom. The Kier molecular flexibility index (Phi) is 4.89. The Balaban J connectivity index is 1.92. The second kappa shape index (κ2) is 7.27. The average Bonchev–Trinajstić information content (AvgIpc) is 2.86. The van der Waals surface area contributed by atoms with Crippen LogP contribution in [-0.2, 0) is 7.05 Å². The number of aromatic nitrogens is 2. The number of hydrogen-bond acceptors (Lipinski definition) is 3. The van der Waals surface area contributed by atoms with Gasteiger partial charge >= 0.3 is 0 Å². The van der Waals surface area contributed by atoms with Crippen LogP contribution >= 0.6 is 0 Å². The lowest BCUT2D eigenvalue weighted by Crippen LogP contribution is -2.20. The first-order valence-corrected chi connectivity index (χ1v) is 8.37. The highest BCUT2D eigenvalue weighted by Crippen LogP contribution is 2.16. The van der Waals surface area contributed by atoms with E-state index in [0.29, 0.717) is 16.9 Å². The number of nitrogens with one attached hydrogen (secondary N) is 1. The highest BCUT2D eigenvalue weighted by Gasteiger charge is 2.16. The summed E-state index contributed by atoms with van der Waals surface area (Å²) in [6.07, 6.45) is 1.51. The number of nitrogens with zero attached hydrogens (tertiary/aromatic N) is 2. The summed E-state index contributed by atoms with van der Waals surface area (Å²) in [7, 11) is 1.84. The number of carbonyl (C=O) groups is 1. The maximum Gasteiger partial charge on any atom is 0.295 e. The summed E-state index contributed by atoms with van der Waals surface area (Å²) >= 11 is 0. The number of rotatable bonds is 5. The van der Waals surface area contributed by atoms with Gasteiger partial charge < -0.3 is 5.32 Å². The molecule has 0 unspecified atom stereocenters. The number of hydrogen-bond donors (Lipinski definition) is 1. The van der Waals surface area contributed by atoms with Gasteiger partial charge in [0.1, 0.15) is 5.69 Å². The van der Waals surface area contributed by atoms with Gasteiger partial charge in [0.2, 0.25) is 0 Å². The van der Waals surface area contributed by atoms with Crippen molar-refractivity contribution in [3.63, 3.8) is 0 Å². The summed E-state index contributed by atoms with van der Waals surface area (Å²) in [6, 6.07) is 18.5. The van der Waals surface area contributed by atoms with E-state index in [2.05, 4.69) is 5.32 Å². The van der Waals surface area contributed by atoms with Crippen molar-refractivity contribution in [3.8, 4) is 5.69 Å². The van der Waals surface area contributed by atoms with Gasteiger partial charge in [-0.1, -0.05) is 48.5 Å². The molecule has 1 heterocycles. The molecule has 0 spiro atoms. The summed E-state index contributed by atoms with van der Waals surface area (Å²) in [5.74, 6) is -0.104. The molecule has 0 saturated carbocycles. The minimum absolute atomic E-state index is 0.104. The minimum Gasteiger partial charge on any atom is -0.353 e. The molecule has 0 radical (unpaired) electrons. The maximum absolute atomic E-state index is 12.9. The van der Waals surface area contributed by atoms with Crippen LogP contribution in [0.1, 0.15) is 23.0 Å². The fourth-order valence-electron chi connectivity index (χ4n) is 2.83. The van der Waals surface area contributed by atoms with Crippen LogP contribution in [0.5, 0.6) is 0 Å². The van der Waals surface area contributed by atoms with E-state index in [1.807, 2.05) is 62.5 Å². The molecule has 1 N–H and O–H groups in total. The van der Waals surface area contributed by atoms with Gasteiger partial charge in [-0.05, 0) is 26.0 Å². The fourth-order valence-corrected chi connectivity index (χ4v) is 2.83. The number of ketones is 1. The molecule has 0 amide bonds. The van der Waals surface area contributed by atoms with E-state index in [0.717, 1.165) is 11.4 Å². The van der Waals surface area contributed by atoms with Crippen LogP contribution in [-0.4, -0.2) is 15.1 Å². The third kappa shape index (κ3) is 3.37. The second-order valence-electron chi connectivity index (χ2n) is 6.12. The van der Waals surface area contributed by atoms with E-state index in [-0.39, 0.29) is 11.3 Å². The Morgan fingerprint density at radius 2 is 1.58 bits per heavy atom. The summed E-state index contributed by atoms with van der Waals surface area (Å²) in [5.41, 5.74) is 3.11. The predicted molar refractivity (Wildman–Crippen MR) is 104 cm³/mol. The van der Waals surface area contributed by atoms with Gasteiger partial charge in [-0.3, -0.25) is 14.3 Å². The van der Waals surface area contributed by atoms with E-state index in [1.165, 1.54) is 6.08 Å². The van der Waals surface area contributed by atoms with Gasteiger partial charge in [0.15, 0.2) is 5.78 Å². The summed E-state index contributed by atoms with van der Waals surface area (Å²) in [4.78, 5) is 25.2. The molecule has 0 aliphatic heterocycles. The molecule has 26 heavy (non-hydrogen) atoms. The number of benzene rings is 2. The summed E-state index contributed by atoms with van der Waals surface area (Å²) in [5, 5.41) is 3.10. The van der Waals surface area contributed by atoms with Crippen molar-refractivity contribution in [1.82, 2.24) is 9.36 Å². The molecular weight excluding hydrogens is 326 g/mol. The van der Waals surface area contributed by atoms with Crippen molar-refractivity contribution >= 4 is 11.5 Å². The van der Waals surface area contributed by atoms with Crippen molar-refractivity contribution in [2.75, 3.05) is 5.32 Å². The normalized spacial score (nSPS) is 11.4. The smallest absolute Gasteiger partial charge is 0.295 e. The van der Waals surface area contributed by atoms with Gasteiger partial charge in [-0.15, -0.1) is 0 Å². The molecule has 0 aliphatic rings. The van der Waals surface area contributed by atoms with Gasteiger partial charge in [-0.25, -0.2) is 4.68 Å². The van der Waals surface area contributed by atoms with Gasteiger partial charge in [0.05, 0.1) is 11.4 Å². The molecule has 0 aliphatic carbocycles. The first-order chi connectivity index (χ1) is 12.5. The molecule has 0 saturated heterocycles. The standard InChI is InChI=1S/C21H21N3O2/c1-15(14-19(25)17-10-6-4-7-11-17)22-20-16(2)23(3)24(21(20)26)18-12-8-5-9-13-18/h4-14,22H,1-3H3. The van der Waals surface area contributed by atoms with Crippen LogP contribution in [0.3, 0.4) is 0 Å². The van der Waals surface area contributed by atoms with Crippen LogP contribution in [0, 0.1) is 6.92 Å². The zero-order chi connectivity index (χ0) is 18.7.